The van der Waals surface area contributed by atoms with Crippen LogP contribution in [0.25, 0.3) is 5.52 Å². The second kappa shape index (κ2) is 5.62. The van der Waals surface area contributed by atoms with Crippen LogP contribution in [0.3, 0.4) is 0 Å². The second-order valence-corrected chi connectivity index (χ2v) is 5.95. The Kier molecular flexibility index (Phi) is 3.45. The zero-order valence-electron chi connectivity index (χ0n) is 12.7. The highest BCUT2D eigenvalue weighted by molar-refractivity contribution is 6.07. The summed E-state index contributed by atoms with van der Waals surface area (Å²) in [5, 5.41) is 10.0. The molecule has 2 aromatic heterocycles. The highest BCUT2D eigenvalue weighted by Crippen LogP contribution is 2.27. The number of fused-ring (bicyclic) bond motifs is 1. The quantitative estimate of drug-likeness (QED) is 0.849. The van der Waals surface area contributed by atoms with Crippen LogP contribution >= 0.6 is 0 Å². The minimum Gasteiger partial charge on any atom is -0.317 e. The third kappa shape index (κ3) is 2.55. The molecule has 0 atom stereocenters. The Bertz CT molecular complexity index is 764. The van der Waals surface area contributed by atoms with Gasteiger partial charge >= 0.3 is 6.03 Å². The molecule has 120 valence electrons. The van der Waals surface area contributed by atoms with Gasteiger partial charge in [-0.3, -0.25) is 20.0 Å². The number of hydrogen-bond donors (Lipinski definition) is 2. The number of rotatable bonds is 2. The fourth-order valence-electron chi connectivity index (χ4n) is 3.22. The van der Waals surface area contributed by atoms with Crippen molar-refractivity contribution in [2.75, 3.05) is 24.5 Å². The number of urea groups is 1. The molecule has 0 aromatic carbocycles. The third-order valence-corrected chi connectivity index (χ3v) is 4.51. The molecule has 2 N–H and O–H groups in total. The molecular weight excluding hydrogens is 296 g/mol. The Morgan fingerprint density at radius 3 is 2.78 bits per heavy atom. The number of amides is 3. The Balaban J connectivity index is 1.65. The Morgan fingerprint density at radius 2 is 2.00 bits per heavy atom. The van der Waals surface area contributed by atoms with E-state index in [2.05, 4.69) is 20.7 Å². The minimum absolute atomic E-state index is 0.242. The van der Waals surface area contributed by atoms with Crippen LogP contribution in [0.2, 0.25) is 0 Å². The molecule has 0 saturated carbocycles. The number of hydrogen-bond acceptors (Lipinski definition) is 5. The van der Waals surface area contributed by atoms with Gasteiger partial charge in [0, 0.05) is 18.9 Å². The molecule has 0 unspecified atom stereocenters. The number of imide groups is 1. The number of carbonyl (C=O) groups excluding carboxylic acids is 2. The summed E-state index contributed by atoms with van der Waals surface area (Å²) in [6.07, 6.45) is 7.81. The molecule has 4 heterocycles. The van der Waals surface area contributed by atoms with Gasteiger partial charge in [0.2, 0.25) is 5.91 Å². The maximum Gasteiger partial charge on any atom is 0.328 e. The lowest BCUT2D eigenvalue weighted by Gasteiger charge is -2.25. The van der Waals surface area contributed by atoms with Crippen LogP contribution in [0.1, 0.15) is 30.9 Å². The average molecular weight is 314 g/mol. The van der Waals surface area contributed by atoms with E-state index >= 15 is 0 Å². The van der Waals surface area contributed by atoms with E-state index in [9.17, 15) is 9.59 Å². The third-order valence-electron chi connectivity index (χ3n) is 4.51. The maximum absolute atomic E-state index is 12.0. The highest BCUT2D eigenvalue weighted by Gasteiger charge is 2.27. The Hall–Kier alpha value is -2.48. The van der Waals surface area contributed by atoms with E-state index in [4.69, 9.17) is 0 Å². The zero-order chi connectivity index (χ0) is 15.8. The molecule has 4 rings (SSSR count). The fraction of sp³-hybridized carbons (Fsp3) is 0.467. The number of anilines is 1. The first-order valence-electron chi connectivity index (χ1n) is 7.88. The topological polar surface area (TPSA) is 91.6 Å². The van der Waals surface area contributed by atoms with Gasteiger partial charge in [-0.2, -0.15) is 5.10 Å². The normalized spacial score (nSPS) is 20.1. The molecule has 2 aliphatic rings. The SMILES string of the molecule is O=C1CCN(c2cnn3cc(C4CCNCC4)ncc23)C(=O)N1. The molecule has 2 aliphatic heterocycles. The summed E-state index contributed by atoms with van der Waals surface area (Å²) in [5.41, 5.74) is 2.48. The predicted octanol–water partition coefficient (Wildman–Crippen LogP) is 0.643. The minimum atomic E-state index is -0.404. The molecule has 23 heavy (non-hydrogen) atoms. The summed E-state index contributed by atoms with van der Waals surface area (Å²) in [5.74, 6) is 0.207. The summed E-state index contributed by atoms with van der Waals surface area (Å²) >= 11 is 0. The Morgan fingerprint density at radius 1 is 1.17 bits per heavy atom. The van der Waals surface area contributed by atoms with Crippen molar-refractivity contribution in [3.8, 4) is 0 Å². The molecule has 0 bridgehead atoms. The molecule has 0 radical (unpaired) electrons. The molecule has 8 heteroatoms. The van der Waals surface area contributed by atoms with Crippen LogP contribution in [-0.2, 0) is 4.79 Å². The Labute approximate surface area is 132 Å². The predicted molar refractivity (Wildman–Crippen MR) is 83.3 cm³/mol. The van der Waals surface area contributed by atoms with Crippen LogP contribution in [0.4, 0.5) is 10.5 Å². The molecule has 2 aromatic rings. The highest BCUT2D eigenvalue weighted by atomic mass is 16.2. The van der Waals surface area contributed by atoms with Crippen molar-refractivity contribution >= 4 is 23.1 Å². The van der Waals surface area contributed by atoms with E-state index < -0.39 is 6.03 Å². The van der Waals surface area contributed by atoms with Crippen molar-refractivity contribution in [1.82, 2.24) is 25.2 Å². The number of nitrogens with one attached hydrogen (secondary N) is 2. The van der Waals surface area contributed by atoms with Gasteiger partial charge in [0.05, 0.1) is 30.0 Å². The van der Waals surface area contributed by atoms with Gasteiger partial charge in [-0.15, -0.1) is 0 Å². The van der Waals surface area contributed by atoms with Gasteiger partial charge < -0.3 is 5.32 Å². The van der Waals surface area contributed by atoms with E-state index in [0.29, 0.717) is 24.6 Å². The van der Waals surface area contributed by atoms with E-state index in [0.717, 1.165) is 37.1 Å². The van der Waals surface area contributed by atoms with Gasteiger partial charge in [-0.05, 0) is 25.9 Å². The number of aromatic nitrogens is 3. The van der Waals surface area contributed by atoms with E-state index in [1.807, 2.05) is 6.20 Å². The lowest BCUT2D eigenvalue weighted by Crippen LogP contribution is -2.49. The largest absolute Gasteiger partial charge is 0.328 e. The number of nitrogens with zero attached hydrogens (tertiary/aromatic N) is 4. The van der Waals surface area contributed by atoms with Crippen molar-refractivity contribution in [1.29, 1.82) is 0 Å². The smallest absolute Gasteiger partial charge is 0.317 e. The standard InChI is InChI=1S/C15H18N6O2/c22-14-3-6-20(15(23)19-14)12-8-18-21-9-11(17-7-13(12)21)10-1-4-16-5-2-10/h7-10,16H,1-6H2,(H,19,22,23). The lowest BCUT2D eigenvalue weighted by atomic mass is 9.95. The lowest BCUT2D eigenvalue weighted by molar-refractivity contribution is -0.120. The molecule has 0 spiro atoms. The first-order chi connectivity index (χ1) is 11.2. The van der Waals surface area contributed by atoms with E-state index in [1.165, 1.54) is 4.90 Å². The van der Waals surface area contributed by atoms with Crippen LogP contribution in [0, 0.1) is 0 Å². The van der Waals surface area contributed by atoms with Gasteiger partial charge in [-0.25, -0.2) is 9.31 Å². The van der Waals surface area contributed by atoms with Crippen LogP contribution in [-0.4, -0.2) is 46.2 Å². The zero-order valence-corrected chi connectivity index (χ0v) is 12.7. The second-order valence-electron chi connectivity index (χ2n) is 5.95. The summed E-state index contributed by atoms with van der Waals surface area (Å²) in [6, 6.07) is -0.404. The van der Waals surface area contributed by atoms with Gasteiger partial charge in [0.15, 0.2) is 0 Å². The fourth-order valence-corrected chi connectivity index (χ4v) is 3.22. The summed E-state index contributed by atoms with van der Waals surface area (Å²) in [7, 11) is 0. The molecule has 8 nitrogen and oxygen atoms in total. The van der Waals surface area contributed by atoms with Crippen molar-refractivity contribution < 1.29 is 9.59 Å². The average Bonchev–Trinajstić information content (AvgIpc) is 2.99. The van der Waals surface area contributed by atoms with Crippen molar-refractivity contribution in [3.05, 3.63) is 24.3 Å². The summed E-state index contributed by atoms with van der Waals surface area (Å²) < 4.78 is 1.77. The number of piperidine rings is 1. The van der Waals surface area contributed by atoms with E-state index in [1.54, 1.807) is 16.9 Å². The maximum atomic E-state index is 12.0. The van der Waals surface area contributed by atoms with Crippen LogP contribution in [0.15, 0.2) is 18.6 Å². The first-order valence-corrected chi connectivity index (χ1v) is 7.88. The molecule has 2 saturated heterocycles. The van der Waals surface area contributed by atoms with Crippen molar-refractivity contribution in [3.63, 3.8) is 0 Å². The van der Waals surface area contributed by atoms with Crippen molar-refractivity contribution in [2.24, 2.45) is 0 Å². The monoisotopic (exact) mass is 314 g/mol. The summed E-state index contributed by atoms with van der Waals surface area (Å²) in [6.45, 7) is 2.38. The number of carbonyl (C=O) groups is 2. The van der Waals surface area contributed by atoms with Crippen molar-refractivity contribution in [2.45, 2.75) is 25.2 Å². The van der Waals surface area contributed by atoms with E-state index in [-0.39, 0.29) is 5.91 Å². The molecule has 3 amide bonds. The summed E-state index contributed by atoms with van der Waals surface area (Å²) in [4.78, 5) is 29.4. The van der Waals surface area contributed by atoms with Crippen LogP contribution < -0.4 is 15.5 Å². The van der Waals surface area contributed by atoms with Gasteiger partial charge in [0.25, 0.3) is 0 Å². The van der Waals surface area contributed by atoms with Gasteiger partial charge in [0.1, 0.15) is 5.52 Å². The molecule has 2 fully saturated rings. The van der Waals surface area contributed by atoms with Crippen LogP contribution in [0.5, 0.6) is 0 Å². The molecule has 0 aliphatic carbocycles. The molecular formula is C15H18N6O2. The first kappa shape index (κ1) is 14.1. The van der Waals surface area contributed by atoms with Gasteiger partial charge in [-0.1, -0.05) is 0 Å².